The lowest BCUT2D eigenvalue weighted by atomic mass is 10.1. The molecule has 3 heterocycles. The predicted molar refractivity (Wildman–Crippen MR) is 73.1 cm³/mol. The lowest BCUT2D eigenvalue weighted by molar-refractivity contribution is -0.235. The standard InChI is InChI=1S/C14H14N2O6/c1-14(2)21-12(17)9(13(18)22-14)7-15-8-5-10-11(16-6-8)20-4-3-19-10/h5-7,9H,3-4H2,1-2H3/b15-7+. The van der Waals surface area contributed by atoms with Gasteiger partial charge >= 0.3 is 11.9 Å². The van der Waals surface area contributed by atoms with E-state index in [0.717, 1.165) is 0 Å². The molecule has 3 rings (SSSR count). The predicted octanol–water partition coefficient (Wildman–Crippen LogP) is 1.01. The molecule has 0 amide bonds. The van der Waals surface area contributed by atoms with Crippen molar-refractivity contribution in [2.24, 2.45) is 10.9 Å². The van der Waals surface area contributed by atoms with Gasteiger partial charge in [-0.1, -0.05) is 0 Å². The number of carbonyl (C=O) groups is 2. The van der Waals surface area contributed by atoms with Crippen molar-refractivity contribution in [2.45, 2.75) is 19.6 Å². The van der Waals surface area contributed by atoms with E-state index in [4.69, 9.17) is 18.9 Å². The van der Waals surface area contributed by atoms with Crippen LogP contribution >= 0.6 is 0 Å². The number of hydrogen-bond acceptors (Lipinski definition) is 8. The van der Waals surface area contributed by atoms with Gasteiger partial charge in [-0.05, 0) is 0 Å². The molecule has 0 bridgehead atoms. The summed E-state index contributed by atoms with van der Waals surface area (Å²) in [6, 6.07) is 1.61. The van der Waals surface area contributed by atoms with Gasteiger partial charge in [0.15, 0.2) is 11.7 Å². The molecular formula is C14H14N2O6. The molecule has 8 nitrogen and oxygen atoms in total. The van der Waals surface area contributed by atoms with Gasteiger partial charge in [0.1, 0.15) is 13.2 Å². The fourth-order valence-electron chi connectivity index (χ4n) is 2.00. The Morgan fingerprint density at radius 1 is 1.23 bits per heavy atom. The second kappa shape index (κ2) is 5.28. The monoisotopic (exact) mass is 306 g/mol. The molecule has 0 spiro atoms. The quantitative estimate of drug-likeness (QED) is 0.457. The zero-order valence-electron chi connectivity index (χ0n) is 12.1. The van der Waals surface area contributed by atoms with E-state index in [1.54, 1.807) is 6.07 Å². The Morgan fingerprint density at radius 2 is 1.91 bits per heavy atom. The summed E-state index contributed by atoms with van der Waals surface area (Å²) in [4.78, 5) is 31.7. The fraction of sp³-hybridized carbons (Fsp3) is 0.429. The van der Waals surface area contributed by atoms with Crippen molar-refractivity contribution in [3.8, 4) is 11.6 Å². The lowest BCUT2D eigenvalue weighted by Gasteiger charge is -2.31. The largest absolute Gasteiger partial charge is 0.484 e. The van der Waals surface area contributed by atoms with Crippen molar-refractivity contribution < 1.29 is 28.5 Å². The maximum absolute atomic E-state index is 11.8. The van der Waals surface area contributed by atoms with Gasteiger partial charge in [0.05, 0.1) is 11.9 Å². The van der Waals surface area contributed by atoms with E-state index in [1.807, 2.05) is 0 Å². The van der Waals surface area contributed by atoms with Crippen LogP contribution in [0.4, 0.5) is 5.69 Å². The molecule has 1 saturated heterocycles. The number of esters is 2. The third-order valence-corrected chi connectivity index (χ3v) is 2.96. The van der Waals surface area contributed by atoms with Crippen LogP contribution in [-0.4, -0.2) is 42.1 Å². The highest BCUT2D eigenvalue weighted by Crippen LogP contribution is 2.31. The van der Waals surface area contributed by atoms with Gasteiger partial charge in [-0.15, -0.1) is 0 Å². The molecule has 2 aliphatic rings. The summed E-state index contributed by atoms with van der Waals surface area (Å²) >= 11 is 0. The zero-order chi connectivity index (χ0) is 15.7. The summed E-state index contributed by atoms with van der Waals surface area (Å²) in [7, 11) is 0. The van der Waals surface area contributed by atoms with E-state index >= 15 is 0 Å². The molecule has 116 valence electrons. The third kappa shape index (κ3) is 2.85. The average Bonchev–Trinajstić information content (AvgIpc) is 2.45. The van der Waals surface area contributed by atoms with E-state index in [2.05, 4.69) is 9.98 Å². The minimum Gasteiger partial charge on any atom is -0.484 e. The number of carbonyl (C=O) groups excluding carboxylic acids is 2. The van der Waals surface area contributed by atoms with Crippen LogP contribution in [0.1, 0.15) is 13.8 Å². The van der Waals surface area contributed by atoms with Crippen molar-refractivity contribution in [1.29, 1.82) is 0 Å². The van der Waals surface area contributed by atoms with E-state index in [9.17, 15) is 9.59 Å². The van der Waals surface area contributed by atoms with Gasteiger partial charge in [0.2, 0.25) is 0 Å². The van der Waals surface area contributed by atoms with Gasteiger partial charge in [-0.25, -0.2) is 4.98 Å². The van der Waals surface area contributed by atoms with Gasteiger partial charge in [0, 0.05) is 26.1 Å². The maximum Gasteiger partial charge on any atom is 0.329 e. The molecule has 8 heteroatoms. The van der Waals surface area contributed by atoms with Crippen LogP contribution in [0, 0.1) is 5.92 Å². The Morgan fingerprint density at radius 3 is 2.64 bits per heavy atom. The van der Waals surface area contributed by atoms with Gasteiger partial charge in [-0.2, -0.15) is 0 Å². The Kier molecular flexibility index (Phi) is 3.44. The fourth-order valence-corrected chi connectivity index (χ4v) is 2.00. The summed E-state index contributed by atoms with van der Waals surface area (Å²) in [6.45, 7) is 3.85. The minimum absolute atomic E-state index is 0.392. The molecule has 1 aromatic rings. The van der Waals surface area contributed by atoms with Crippen LogP contribution in [0.15, 0.2) is 17.3 Å². The zero-order valence-corrected chi connectivity index (χ0v) is 12.1. The summed E-state index contributed by atoms with van der Waals surface area (Å²) < 4.78 is 20.7. The number of cyclic esters (lactones) is 2. The van der Waals surface area contributed by atoms with Crippen molar-refractivity contribution in [1.82, 2.24) is 4.98 Å². The van der Waals surface area contributed by atoms with E-state index < -0.39 is 23.6 Å². The van der Waals surface area contributed by atoms with Crippen LogP contribution in [0.25, 0.3) is 0 Å². The molecule has 0 radical (unpaired) electrons. The van der Waals surface area contributed by atoms with Crippen LogP contribution in [0.2, 0.25) is 0 Å². The first-order valence-electron chi connectivity index (χ1n) is 6.70. The molecule has 0 saturated carbocycles. The van der Waals surface area contributed by atoms with Gasteiger partial charge in [0.25, 0.3) is 11.7 Å². The number of aromatic nitrogens is 1. The maximum atomic E-state index is 11.8. The molecule has 1 aromatic heterocycles. The molecule has 0 aromatic carbocycles. The molecule has 0 N–H and O–H groups in total. The Balaban J connectivity index is 1.76. The molecule has 0 aliphatic carbocycles. The van der Waals surface area contributed by atoms with Crippen LogP contribution in [-0.2, 0) is 19.1 Å². The number of hydrogen-bond donors (Lipinski definition) is 0. The molecule has 2 aliphatic heterocycles. The first-order valence-corrected chi connectivity index (χ1v) is 6.70. The molecule has 1 fully saturated rings. The van der Waals surface area contributed by atoms with Crippen LogP contribution in [0.5, 0.6) is 11.6 Å². The minimum atomic E-state index is -1.25. The first-order chi connectivity index (χ1) is 10.4. The molecule has 22 heavy (non-hydrogen) atoms. The summed E-state index contributed by atoms with van der Waals surface area (Å²) in [5.41, 5.74) is 0.426. The molecular weight excluding hydrogens is 292 g/mol. The van der Waals surface area contributed by atoms with Gasteiger partial charge < -0.3 is 18.9 Å². The first kappa shape index (κ1) is 14.3. The average molecular weight is 306 g/mol. The van der Waals surface area contributed by atoms with Crippen LogP contribution < -0.4 is 9.47 Å². The van der Waals surface area contributed by atoms with E-state index in [0.29, 0.717) is 30.5 Å². The van der Waals surface area contributed by atoms with Crippen molar-refractivity contribution >= 4 is 23.8 Å². The SMILES string of the molecule is CC1(C)OC(=O)C(/C=N/c2cnc3c(c2)OCCO3)C(=O)O1. The number of aliphatic imine (C=N–C) groups is 1. The molecule has 0 atom stereocenters. The topological polar surface area (TPSA) is 96.3 Å². The van der Waals surface area contributed by atoms with Crippen molar-refractivity contribution in [2.75, 3.05) is 13.2 Å². The lowest BCUT2D eigenvalue weighted by Crippen LogP contribution is -2.46. The second-order valence-electron chi connectivity index (χ2n) is 5.19. The Hall–Kier alpha value is -2.64. The van der Waals surface area contributed by atoms with Crippen LogP contribution in [0.3, 0.4) is 0 Å². The summed E-state index contributed by atoms with van der Waals surface area (Å²) in [5, 5.41) is 0. The van der Waals surface area contributed by atoms with E-state index in [-0.39, 0.29) is 0 Å². The summed E-state index contributed by atoms with van der Waals surface area (Å²) in [5.74, 6) is -2.98. The van der Waals surface area contributed by atoms with Crippen molar-refractivity contribution in [3.63, 3.8) is 0 Å². The number of pyridine rings is 1. The number of rotatable bonds is 2. The number of nitrogens with zero attached hydrogens (tertiary/aromatic N) is 2. The normalized spacial score (nSPS) is 20.6. The second-order valence-corrected chi connectivity index (χ2v) is 5.19. The Labute approximate surface area is 126 Å². The smallest absolute Gasteiger partial charge is 0.329 e. The van der Waals surface area contributed by atoms with Gasteiger partial charge in [-0.3, -0.25) is 14.6 Å². The number of ether oxygens (including phenoxy) is 4. The van der Waals surface area contributed by atoms with Crippen molar-refractivity contribution in [3.05, 3.63) is 12.3 Å². The highest BCUT2D eigenvalue weighted by Gasteiger charge is 2.42. The Bertz CT molecular complexity index is 635. The highest BCUT2D eigenvalue weighted by molar-refractivity contribution is 6.10. The van der Waals surface area contributed by atoms with E-state index in [1.165, 1.54) is 26.3 Å². The molecule has 0 unspecified atom stereocenters. The third-order valence-electron chi connectivity index (χ3n) is 2.96. The number of fused-ring (bicyclic) bond motifs is 1. The summed E-state index contributed by atoms with van der Waals surface area (Å²) in [6.07, 6.45) is 2.63. The highest BCUT2D eigenvalue weighted by atomic mass is 16.7.